The van der Waals surface area contributed by atoms with Gasteiger partial charge in [0, 0.05) is 0 Å². The lowest BCUT2D eigenvalue weighted by Crippen LogP contribution is -2.47. The van der Waals surface area contributed by atoms with E-state index in [1.54, 1.807) is 0 Å². The summed E-state index contributed by atoms with van der Waals surface area (Å²) in [5, 5.41) is 9.84. The van der Waals surface area contributed by atoms with Crippen LogP contribution in [0.2, 0.25) is 0 Å². The molecule has 0 aliphatic heterocycles. The molecular weight excluding hydrogens is 148 g/mol. The fourth-order valence-electron chi connectivity index (χ4n) is 4.10. The molecule has 5 atom stereocenters. The molecule has 0 spiro atoms. The van der Waals surface area contributed by atoms with Gasteiger partial charge in [-0.25, -0.2) is 0 Å². The van der Waals surface area contributed by atoms with Crippen molar-refractivity contribution in [1.82, 2.24) is 0 Å². The van der Waals surface area contributed by atoms with Crippen LogP contribution in [0.4, 0.5) is 0 Å². The summed E-state index contributed by atoms with van der Waals surface area (Å²) in [7, 11) is 0. The Hall–Kier alpha value is -0.0400. The second-order valence-corrected chi connectivity index (χ2v) is 5.15. The summed E-state index contributed by atoms with van der Waals surface area (Å²) in [6.07, 6.45) is 8.21. The Balaban J connectivity index is 1.88. The highest BCUT2D eigenvalue weighted by atomic mass is 16.3. The Morgan fingerprint density at radius 1 is 0.833 bits per heavy atom. The van der Waals surface area contributed by atoms with Crippen molar-refractivity contribution in [3.05, 3.63) is 0 Å². The lowest BCUT2D eigenvalue weighted by Gasteiger charge is -2.52. The second kappa shape index (κ2) is 2.47. The molecule has 1 N–H and O–H groups in total. The fourth-order valence-corrected chi connectivity index (χ4v) is 4.10. The van der Waals surface area contributed by atoms with Crippen LogP contribution in [-0.2, 0) is 0 Å². The monoisotopic (exact) mass is 166 g/mol. The van der Waals surface area contributed by atoms with E-state index >= 15 is 0 Å². The van der Waals surface area contributed by atoms with Gasteiger partial charge in [0.25, 0.3) is 0 Å². The SMILES string of the molecule is O[C@@H]1CC[C@@H]2C[C@H]3CC[C@@H]2[C@@H]1C3. The molecule has 0 aromatic carbocycles. The molecule has 4 bridgehead atoms. The van der Waals surface area contributed by atoms with Gasteiger partial charge in [-0.15, -0.1) is 0 Å². The molecule has 12 heavy (non-hydrogen) atoms. The molecule has 0 aromatic heterocycles. The van der Waals surface area contributed by atoms with Crippen LogP contribution in [0.25, 0.3) is 0 Å². The fraction of sp³-hybridized carbons (Fsp3) is 1.00. The molecular formula is C11H18O. The van der Waals surface area contributed by atoms with Crippen molar-refractivity contribution >= 4 is 0 Å². The van der Waals surface area contributed by atoms with E-state index in [1.807, 2.05) is 0 Å². The van der Waals surface area contributed by atoms with Gasteiger partial charge in [0.15, 0.2) is 0 Å². The third-order valence-corrected chi connectivity index (χ3v) is 4.63. The zero-order valence-corrected chi connectivity index (χ0v) is 7.58. The van der Waals surface area contributed by atoms with Crippen LogP contribution in [0.15, 0.2) is 0 Å². The van der Waals surface area contributed by atoms with Gasteiger partial charge in [-0.2, -0.15) is 0 Å². The van der Waals surface area contributed by atoms with Crippen molar-refractivity contribution in [2.24, 2.45) is 23.7 Å². The highest BCUT2D eigenvalue weighted by Crippen LogP contribution is 2.54. The topological polar surface area (TPSA) is 20.2 Å². The van der Waals surface area contributed by atoms with E-state index in [9.17, 15) is 5.11 Å². The molecule has 0 amide bonds. The molecule has 0 saturated heterocycles. The van der Waals surface area contributed by atoms with Gasteiger partial charge >= 0.3 is 0 Å². The average Bonchev–Trinajstić information content (AvgIpc) is 2.13. The molecule has 4 fully saturated rings. The molecule has 1 heteroatoms. The molecule has 0 unspecified atom stereocenters. The molecule has 4 saturated carbocycles. The summed E-state index contributed by atoms with van der Waals surface area (Å²) in [5.41, 5.74) is 0. The maximum atomic E-state index is 9.84. The molecule has 1 nitrogen and oxygen atoms in total. The first kappa shape index (κ1) is 7.37. The molecule has 0 heterocycles. The van der Waals surface area contributed by atoms with Gasteiger partial charge in [-0.05, 0) is 55.8 Å². The number of fused-ring (bicyclic) bond motifs is 1. The smallest absolute Gasteiger partial charge is 0.0571 e. The minimum Gasteiger partial charge on any atom is -0.393 e. The first-order valence-electron chi connectivity index (χ1n) is 5.52. The third kappa shape index (κ3) is 0.891. The standard InChI is InChI=1S/C11H18O/c12-11-4-2-8-5-7-1-3-9(8)10(11)6-7/h7-12H,1-6H2/t7-,8-,9+,10+,11-/m1/s1. The van der Waals surface area contributed by atoms with Crippen molar-refractivity contribution in [2.45, 2.75) is 44.6 Å². The van der Waals surface area contributed by atoms with Crippen LogP contribution in [-0.4, -0.2) is 11.2 Å². The van der Waals surface area contributed by atoms with Crippen molar-refractivity contribution < 1.29 is 5.11 Å². The minimum atomic E-state index is 0.0642. The van der Waals surface area contributed by atoms with E-state index in [-0.39, 0.29) is 6.10 Å². The largest absolute Gasteiger partial charge is 0.393 e. The summed E-state index contributed by atoms with van der Waals surface area (Å²) in [4.78, 5) is 0. The lowest BCUT2D eigenvalue weighted by atomic mass is 9.54. The summed E-state index contributed by atoms with van der Waals surface area (Å²) in [6.45, 7) is 0. The number of hydrogen-bond donors (Lipinski definition) is 1. The van der Waals surface area contributed by atoms with Gasteiger partial charge < -0.3 is 5.11 Å². The van der Waals surface area contributed by atoms with Crippen molar-refractivity contribution in [3.8, 4) is 0 Å². The molecule has 0 aromatic rings. The van der Waals surface area contributed by atoms with Gasteiger partial charge in [0.05, 0.1) is 6.10 Å². The normalized spacial score (nSPS) is 57.2. The van der Waals surface area contributed by atoms with E-state index in [4.69, 9.17) is 0 Å². The van der Waals surface area contributed by atoms with Gasteiger partial charge in [-0.3, -0.25) is 0 Å². The van der Waals surface area contributed by atoms with Crippen molar-refractivity contribution in [1.29, 1.82) is 0 Å². The van der Waals surface area contributed by atoms with Crippen LogP contribution in [0.3, 0.4) is 0 Å². The zero-order chi connectivity index (χ0) is 8.13. The van der Waals surface area contributed by atoms with E-state index in [2.05, 4.69) is 0 Å². The maximum absolute atomic E-state index is 9.84. The number of rotatable bonds is 0. The van der Waals surface area contributed by atoms with E-state index in [0.29, 0.717) is 5.92 Å². The zero-order valence-electron chi connectivity index (χ0n) is 7.58. The Morgan fingerprint density at radius 2 is 1.75 bits per heavy atom. The quantitative estimate of drug-likeness (QED) is 0.585. The Kier molecular flexibility index (Phi) is 1.52. The Morgan fingerprint density at radius 3 is 2.50 bits per heavy atom. The van der Waals surface area contributed by atoms with E-state index in [0.717, 1.165) is 24.2 Å². The predicted octanol–water partition coefficient (Wildman–Crippen LogP) is 2.19. The first-order chi connectivity index (χ1) is 5.84. The van der Waals surface area contributed by atoms with Crippen LogP contribution in [0.1, 0.15) is 38.5 Å². The first-order valence-corrected chi connectivity index (χ1v) is 5.52. The van der Waals surface area contributed by atoms with Gasteiger partial charge in [0.1, 0.15) is 0 Å². The molecule has 4 aliphatic rings. The highest BCUT2D eigenvalue weighted by molar-refractivity contribution is 4.97. The average molecular weight is 166 g/mol. The Bertz CT molecular complexity index is 189. The number of aliphatic hydroxyl groups excluding tert-OH is 1. The molecule has 68 valence electrons. The molecule has 4 rings (SSSR count). The Labute approximate surface area is 74.2 Å². The van der Waals surface area contributed by atoms with Crippen molar-refractivity contribution in [2.75, 3.05) is 0 Å². The van der Waals surface area contributed by atoms with Crippen LogP contribution < -0.4 is 0 Å². The van der Waals surface area contributed by atoms with Crippen molar-refractivity contribution in [3.63, 3.8) is 0 Å². The highest BCUT2D eigenvalue weighted by Gasteiger charge is 2.47. The third-order valence-electron chi connectivity index (χ3n) is 4.63. The summed E-state index contributed by atoms with van der Waals surface area (Å²) >= 11 is 0. The van der Waals surface area contributed by atoms with Crippen LogP contribution in [0.5, 0.6) is 0 Å². The molecule has 4 aliphatic carbocycles. The van der Waals surface area contributed by atoms with Gasteiger partial charge in [-0.1, -0.05) is 6.42 Å². The van der Waals surface area contributed by atoms with Gasteiger partial charge in [0.2, 0.25) is 0 Å². The lowest BCUT2D eigenvalue weighted by molar-refractivity contribution is -0.0777. The van der Waals surface area contributed by atoms with E-state index < -0.39 is 0 Å². The summed E-state index contributed by atoms with van der Waals surface area (Å²) < 4.78 is 0. The van der Waals surface area contributed by atoms with Crippen LogP contribution >= 0.6 is 0 Å². The molecule has 0 radical (unpaired) electrons. The predicted molar refractivity (Wildman–Crippen MR) is 47.7 cm³/mol. The van der Waals surface area contributed by atoms with Crippen LogP contribution in [0, 0.1) is 23.7 Å². The summed E-state index contributed by atoms with van der Waals surface area (Å²) in [5.74, 6) is 3.61. The second-order valence-electron chi connectivity index (χ2n) is 5.15. The minimum absolute atomic E-state index is 0.0642. The maximum Gasteiger partial charge on any atom is 0.0571 e. The van der Waals surface area contributed by atoms with E-state index in [1.165, 1.54) is 32.1 Å². The number of aliphatic hydroxyl groups is 1. The summed E-state index contributed by atoms with van der Waals surface area (Å²) in [6, 6.07) is 0. The number of hydrogen-bond acceptors (Lipinski definition) is 1.